The molecule has 106 valence electrons. The predicted octanol–water partition coefficient (Wildman–Crippen LogP) is 2.60. The first-order chi connectivity index (χ1) is 10.2. The Morgan fingerprint density at radius 1 is 1.19 bits per heavy atom. The Balaban J connectivity index is 1.81. The van der Waals surface area contributed by atoms with Crippen molar-refractivity contribution >= 4 is 22.6 Å². The molecule has 0 radical (unpaired) electrons. The van der Waals surface area contributed by atoms with Gasteiger partial charge in [-0.1, -0.05) is 36.4 Å². The third-order valence-electron chi connectivity index (χ3n) is 3.90. The first-order valence-electron chi connectivity index (χ1n) is 6.75. The molecule has 2 aromatic carbocycles. The minimum absolute atomic E-state index is 0.0538. The molecule has 2 aliphatic heterocycles. The lowest BCUT2D eigenvalue weighted by Gasteiger charge is -2.22. The van der Waals surface area contributed by atoms with Crippen LogP contribution >= 0.6 is 0 Å². The Hall–Kier alpha value is -2.43. The van der Waals surface area contributed by atoms with Gasteiger partial charge in [0.15, 0.2) is 6.67 Å². The van der Waals surface area contributed by atoms with E-state index in [1.165, 1.54) is 0 Å². The van der Waals surface area contributed by atoms with E-state index in [2.05, 4.69) is 4.99 Å². The van der Waals surface area contributed by atoms with Crippen LogP contribution in [0.1, 0.15) is 12.0 Å². The second-order valence-corrected chi connectivity index (χ2v) is 5.20. The van der Waals surface area contributed by atoms with Crippen LogP contribution in [0.4, 0.5) is 4.39 Å². The fourth-order valence-electron chi connectivity index (χ4n) is 2.86. The highest BCUT2D eigenvalue weighted by molar-refractivity contribution is 6.08. The first kappa shape index (κ1) is 12.3. The fourth-order valence-corrected chi connectivity index (χ4v) is 2.86. The van der Waals surface area contributed by atoms with Gasteiger partial charge in [0, 0.05) is 5.56 Å². The molecular weight excluding hydrogens is 273 g/mol. The molecule has 4 nitrogen and oxygen atoms in total. The number of halogens is 1. The summed E-state index contributed by atoms with van der Waals surface area (Å²) in [5, 5.41) is 2.02. The summed E-state index contributed by atoms with van der Waals surface area (Å²) >= 11 is 0. The van der Waals surface area contributed by atoms with E-state index in [-0.39, 0.29) is 6.42 Å². The number of esters is 1. The summed E-state index contributed by atoms with van der Waals surface area (Å²) in [5.41, 5.74) is 0.784. The van der Waals surface area contributed by atoms with Gasteiger partial charge in [0.2, 0.25) is 5.90 Å². The molecule has 1 fully saturated rings. The van der Waals surface area contributed by atoms with Crippen LogP contribution in [0.5, 0.6) is 0 Å². The third kappa shape index (κ3) is 1.73. The predicted molar refractivity (Wildman–Crippen MR) is 74.8 cm³/mol. The molecule has 0 saturated carbocycles. The largest absolute Gasteiger partial charge is 0.430 e. The molecule has 0 bridgehead atoms. The van der Waals surface area contributed by atoms with E-state index in [1.54, 1.807) is 0 Å². The SMILES string of the molecule is O=C1C[C@@H]2N=C(c3cccc4ccccc34)O[C@]2(CF)O1. The number of nitrogens with zero attached hydrogens (tertiary/aromatic N) is 1. The maximum Gasteiger partial charge on any atom is 0.311 e. The van der Waals surface area contributed by atoms with E-state index >= 15 is 0 Å². The summed E-state index contributed by atoms with van der Waals surface area (Å²) in [7, 11) is 0. The Morgan fingerprint density at radius 3 is 2.81 bits per heavy atom. The summed E-state index contributed by atoms with van der Waals surface area (Å²) in [4.78, 5) is 15.7. The monoisotopic (exact) mass is 285 g/mol. The zero-order chi connectivity index (χ0) is 14.4. The molecule has 5 heteroatoms. The lowest BCUT2D eigenvalue weighted by molar-refractivity contribution is -0.184. The van der Waals surface area contributed by atoms with Crippen molar-refractivity contribution in [2.75, 3.05) is 6.67 Å². The summed E-state index contributed by atoms with van der Waals surface area (Å²) in [6, 6.07) is 13.0. The van der Waals surface area contributed by atoms with Crippen molar-refractivity contribution in [2.45, 2.75) is 18.2 Å². The van der Waals surface area contributed by atoms with Gasteiger partial charge >= 0.3 is 11.8 Å². The number of carbonyl (C=O) groups is 1. The lowest BCUT2D eigenvalue weighted by atomic mass is 10.0. The molecule has 2 aliphatic rings. The highest BCUT2D eigenvalue weighted by atomic mass is 19.1. The molecule has 0 aromatic heterocycles. The normalized spacial score (nSPS) is 27.2. The van der Waals surface area contributed by atoms with Gasteiger partial charge in [-0.2, -0.15) is 0 Å². The van der Waals surface area contributed by atoms with Gasteiger partial charge in [0.1, 0.15) is 6.04 Å². The van der Waals surface area contributed by atoms with Crippen LogP contribution in [0.15, 0.2) is 47.5 Å². The van der Waals surface area contributed by atoms with Crippen molar-refractivity contribution in [1.29, 1.82) is 0 Å². The quantitative estimate of drug-likeness (QED) is 0.797. The minimum Gasteiger partial charge on any atom is -0.430 e. The minimum atomic E-state index is -1.57. The van der Waals surface area contributed by atoms with Crippen LogP contribution in [0, 0.1) is 0 Å². The number of fused-ring (bicyclic) bond motifs is 2. The smallest absolute Gasteiger partial charge is 0.311 e. The first-order valence-corrected chi connectivity index (χ1v) is 6.75. The standard InChI is InChI=1S/C16H12FNO3/c17-9-16-13(8-14(19)20-16)18-15(21-16)12-7-3-5-10-4-1-2-6-11(10)12/h1-7,13H,8-9H2/t13-,16-/m0/s1. The fraction of sp³-hybridized carbons (Fsp3) is 0.250. The number of alkyl halides is 1. The molecule has 1 saturated heterocycles. The van der Waals surface area contributed by atoms with Crippen molar-refractivity contribution in [3.05, 3.63) is 48.0 Å². The number of rotatable bonds is 2. The van der Waals surface area contributed by atoms with E-state index in [0.29, 0.717) is 5.90 Å². The maximum absolute atomic E-state index is 13.3. The maximum atomic E-state index is 13.3. The lowest BCUT2D eigenvalue weighted by Crippen LogP contribution is -2.40. The zero-order valence-corrected chi connectivity index (χ0v) is 11.1. The average Bonchev–Trinajstić information content (AvgIpc) is 2.99. The summed E-state index contributed by atoms with van der Waals surface area (Å²) < 4.78 is 24.0. The molecule has 0 spiro atoms. The Labute approximate surface area is 120 Å². The second kappa shape index (κ2) is 4.28. The number of benzene rings is 2. The third-order valence-corrected chi connectivity index (χ3v) is 3.90. The average molecular weight is 285 g/mol. The molecular formula is C16H12FNO3. The van der Waals surface area contributed by atoms with E-state index in [1.807, 2.05) is 42.5 Å². The highest BCUT2D eigenvalue weighted by Gasteiger charge is 2.57. The Morgan fingerprint density at radius 2 is 2.00 bits per heavy atom. The molecule has 4 rings (SSSR count). The van der Waals surface area contributed by atoms with E-state index in [4.69, 9.17) is 9.47 Å². The van der Waals surface area contributed by atoms with E-state index < -0.39 is 24.5 Å². The second-order valence-electron chi connectivity index (χ2n) is 5.20. The Bertz CT molecular complexity index is 768. The molecule has 2 aromatic rings. The van der Waals surface area contributed by atoms with Crippen LogP contribution in [-0.2, 0) is 14.3 Å². The van der Waals surface area contributed by atoms with E-state index in [9.17, 15) is 9.18 Å². The zero-order valence-electron chi connectivity index (χ0n) is 11.1. The molecule has 0 unspecified atom stereocenters. The Kier molecular flexibility index (Phi) is 2.51. The number of carbonyl (C=O) groups excluding carboxylic acids is 1. The molecule has 0 N–H and O–H groups in total. The molecule has 0 amide bonds. The summed E-state index contributed by atoms with van der Waals surface area (Å²) in [6.07, 6.45) is 0.0538. The van der Waals surface area contributed by atoms with Gasteiger partial charge in [-0.15, -0.1) is 0 Å². The van der Waals surface area contributed by atoms with Gasteiger partial charge < -0.3 is 9.47 Å². The highest BCUT2D eigenvalue weighted by Crippen LogP contribution is 2.38. The summed E-state index contributed by atoms with van der Waals surface area (Å²) in [5.74, 6) is -1.70. The van der Waals surface area contributed by atoms with Crippen LogP contribution in [0.2, 0.25) is 0 Å². The number of aliphatic imine (C=N–C) groups is 1. The van der Waals surface area contributed by atoms with Crippen LogP contribution in [0.25, 0.3) is 10.8 Å². The number of hydrogen-bond donors (Lipinski definition) is 0. The van der Waals surface area contributed by atoms with Gasteiger partial charge in [0.25, 0.3) is 0 Å². The van der Waals surface area contributed by atoms with Crippen molar-refractivity contribution < 1.29 is 18.7 Å². The van der Waals surface area contributed by atoms with Crippen molar-refractivity contribution in [1.82, 2.24) is 0 Å². The molecule has 0 aliphatic carbocycles. The van der Waals surface area contributed by atoms with Crippen LogP contribution < -0.4 is 0 Å². The van der Waals surface area contributed by atoms with Gasteiger partial charge in [-0.05, 0) is 16.8 Å². The van der Waals surface area contributed by atoms with E-state index in [0.717, 1.165) is 16.3 Å². The number of ether oxygens (including phenoxy) is 2. The molecule has 21 heavy (non-hydrogen) atoms. The molecule has 2 atom stereocenters. The van der Waals surface area contributed by atoms with Gasteiger partial charge in [-0.3, -0.25) is 4.79 Å². The molecule has 2 heterocycles. The van der Waals surface area contributed by atoms with Gasteiger partial charge in [0.05, 0.1) is 6.42 Å². The van der Waals surface area contributed by atoms with Crippen LogP contribution in [-0.4, -0.2) is 30.4 Å². The van der Waals surface area contributed by atoms with Crippen molar-refractivity contribution in [2.24, 2.45) is 4.99 Å². The summed E-state index contributed by atoms with van der Waals surface area (Å²) in [6.45, 7) is -0.902. The van der Waals surface area contributed by atoms with Crippen molar-refractivity contribution in [3.8, 4) is 0 Å². The number of hydrogen-bond acceptors (Lipinski definition) is 4. The topological polar surface area (TPSA) is 47.9 Å². The van der Waals surface area contributed by atoms with Crippen LogP contribution in [0.3, 0.4) is 0 Å². The van der Waals surface area contributed by atoms with Crippen molar-refractivity contribution in [3.63, 3.8) is 0 Å². The van der Waals surface area contributed by atoms with Gasteiger partial charge in [-0.25, -0.2) is 9.38 Å².